The Morgan fingerprint density at radius 3 is 2.27 bits per heavy atom. The van der Waals surface area contributed by atoms with E-state index in [4.69, 9.17) is 14.2 Å². The van der Waals surface area contributed by atoms with E-state index in [1.807, 2.05) is 0 Å². The van der Waals surface area contributed by atoms with Crippen LogP contribution in [0.25, 0.3) is 5.57 Å². The zero-order valence-electron chi connectivity index (χ0n) is 14.3. The Bertz CT molecular complexity index is 532. The van der Waals surface area contributed by atoms with Gasteiger partial charge >= 0.3 is 0 Å². The molecule has 0 fully saturated rings. The second-order valence-corrected chi connectivity index (χ2v) is 5.77. The Kier molecular flexibility index (Phi) is 6.17. The summed E-state index contributed by atoms with van der Waals surface area (Å²) in [4.78, 5) is 0. The maximum absolute atomic E-state index is 5.59. The van der Waals surface area contributed by atoms with Crippen LogP contribution >= 0.6 is 0 Å². The van der Waals surface area contributed by atoms with Crippen LogP contribution in [-0.4, -0.2) is 21.3 Å². The maximum atomic E-state index is 5.59. The molecule has 22 heavy (non-hydrogen) atoms. The highest BCUT2D eigenvalue weighted by Crippen LogP contribution is 2.47. The lowest BCUT2D eigenvalue weighted by Gasteiger charge is -2.17. The molecule has 0 bridgehead atoms. The molecule has 1 aromatic carbocycles. The van der Waals surface area contributed by atoms with Gasteiger partial charge in [0.05, 0.1) is 21.3 Å². The van der Waals surface area contributed by atoms with Crippen LogP contribution in [0.15, 0.2) is 12.1 Å². The largest absolute Gasteiger partial charge is 0.493 e. The second-order valence-electron chi connectivity index (χ2n) is 5.77. The molecule has 0 amide bonds. The zero-order chi connectivity index (χ0) is 15.9. The fourth-order valence-corrected chi connectivity index (χ4v) is 3.20. The molecule has 0 atom stereocenters. The number of benzene rings is 1. The monoisotopic (exact) mass is 304 g/mol. The average Bonchev–Trinajstić information content (AvgIpc) is 2.95. The summed E-state index contributed by atoms with van der Waals surface area (Å²) in [5.41, 5.74) is 3.92. The van der Waals surface area contributed by atoms with E-state index in [1.165, 1.54) is 48.8 Å². The highest BCUT2D eigenvalue weighted by Gasteiger charge is 2.24. The Labute approximate surface area is 134 Å². The zero-order valence-corrected chi connectivity index (χ0v) is 14.3. The van der Waals surface area contributed by atoms with Crippen LogP contribution in [0.3, 0.4) is 0 Å². The van der Waals surface area contributed by atoms with Gasteiger partial charge in [0, 0.05) is 5.56 Å². The molecular weight excluding hydrogens is 276 g/mol. The van der Waals surface area contributed by atoms with E-state index >= 15 is 0 Å². The third kappa shape index (κ3) is 3.40. The third-order valence-electron chi connectivity index (χ3n) is 4.38. The quantitative estimate of drug-likeness (QED) is 0.600. The van der Waals surface area contributed by atoms with E-state index in [9.17, 15) is 0 Å². The Balaban J connectivity index is 2.15. The van der Waals surface area contributed by atoms with Gasteiger partial charge in [0.25, 0.3) is 0 Å². The minimum absolute atomic E-state index is 0.696. The van der Waals surface area contributed by atoms with E-state index in [-0.39, 0.29) is 0 Å². The number of ether oxygens (including phenoxy) is 3. The summed E-state index contributed by atoms with van der Waals surface area (Å²) in [6.07, 6.45) is 10.9. The topological polar surface area (TPSA) is 27.7 Å². The van der Waals surface area contributed by atoms with Crippen molar-refractivity contribution in [3.05, 3.63) is 23.3 Å². The minimum atomic E-state index is 0.696. The van der Waals surface area contributed by atoms with E-state index < -0.39 is 0 Å². The molecular formula is C19H28O3. The number of fused-ring (bicyclic) bond motifs is 1. The molecule has 0 heterocycles. The predicted octanol–water partition coefficient (Wildman–Crippen LogP) is 5.01. The molecule has 1 aliphatic rings. The number of hydrogen-bond acceptors (Lipinski definition) is 3. The molecule has 3 nitrogen and oxygen atoms in total. The number of methoxy groups -OCH3 is 3. The van der Waals surface area contributed by atoms with E-state index in [0.29, 0.717) is 5.75 Å². The summed E-state index contributed by atoms with van der Waals surface area (Å²) in [5.74, 6) is 2.26. The Hall–Kier alpha value is -1.64. The average molecular weight is 304 g/mol. The first kappa shape index (κ1) is 16.7. The van der Waals surface area contributed by atoms with Crippen molar-refractivity contribution in [2.75, 3.05) is 21.3 Å². The summed E-state index contributed by atoms with van der Waals surface area (Å²) < 4.78 is 16.5. The van der Waals surface area contributed by atoms with Crippen molar-refractivity contribution in [2.45, 2.75) is 51.9 Å². The first-order valence-electron chi connectivity index (χ1n) is 8.28. The van der Waals surface area contributed by atoms with Crippen LogP contribution in [0.4, 0.5) is 0 Å². The van der Waals surface area contributed by atoms with Gasteiger partial charge in [0.15, 0.2) is 11.5 Å². The lowest BCUT2D eigenvalue weighted by molar-refractivity contribution is 0.322. The van der Waals surface area contributed by atoms with E-state index in [0.717, 1.165) is 24.3 Å². The molecule has 3 heteroatoms. The van der Waals surface area contributed by atoms with Crippen molar-refractivity contribution in [3.63, 3.8) is 0 Å². The van der Waals surface area contributed by atoms with Gasteiger partial charge in [-0.15, -0.1) is 0 Å². The molecule has 1 aromatic rings. The third-order valence-corrected chi connectivity index (χ3v) is 4.38. The molecule has 0 aromatic heterocycles. The van der Waals surface area contributed by atoms with Crippen molar-refractivity contribution in [2.24, 2.45) is 0 Å². The van der Waals surface area contributed by atoms with Crippen LogP contribution in [0.5, 0.6) is 17.2 Å². The molecule has 0 aliphatic heterocycles. The van der Waals surface area contributed by atoms with E-state index in [2.05, 4.69) is 19.1 Å². The first-order valence-corrected chi connectivity index (χ1v) is 8.28. The fourth-order valence-electron chi connectivity index (χ4n) is 3.20. The number of hydrogen-bond donors (Lipinski definition) is 0. The van der Waals surface area contributed by atoms with Crippen molar-refractivity contribution < 1.29 is 14.2 Å². The molecule has 0 N–H and O–H groups in total. The molecule has 1 aliphatic carbocycles. The standard InChI is InChI=1S/C19H28O3/c1-5-6-7-8-9-10-14-11-12-15-16(14)13-17(20-2)19(22-4)18(15)21-3/h11,13H,5-10,12H2,1-4H3. The lowest BCUT2D eigenvalue weighted by atomic mass is 9.98. The fraction of sp³-hybridized carbons (Fsp3) is 0.579. The van der Waals surface area contributed by atoms with Gasteiger partial charge in [-0.1, -0.05) is 38.7 Å². The summed E-state index contributed by atoms with van der Waals surface area (Å²) in [6, 6.07) is 2.10. The van der Waals surface area contributed by atoms with Gasteiger partial charge in [-0.25, -0.2) is 0 Å². The maximum Gasteiger partial charge on any atom is 0.203 e. The SMILES string of the molecule is CCCCCCCC1=CCc2c1cc(OC)c(OC)c2OC. The van der Waals surface area contributed by atoms with Crippen LogP contribution in [0.2, 0.25) is 0 Å². The number of allylic oxidation sites excluding steroid dienone is 2. The molecule has 0 saturated carbocycles. The van der Waals surface area contributed by atoms with Crippen LogP contribution in [0.1, 0.15) is 56.6 Å². The number of rotatable bonds is 9. The van der Waals surface area contributed by atoms with Gasteiger partial charge in [0.1, 0.15) is 0 Å². The van der Waals surface area contributed by atoms with Crippen molar-refractivity contribution in [1.82, 2.24) is 0 Å². The van der Waals surface area contributed by atoms with Crippen LogP contribution in [0, 0.1) is 0 Å². The van der Waals surface area contributed by atoms with Gasteiger partial charge in [0.2, 0.25) is 5.75 Å². The molecule has 2 rings (SSSR count). The van der Waals surface area contributed by atoms with Gasteiger partial charge in [-0.3, -0.25) is 0 Å². The normalized spacial score (nSPS) is 12.8. The smallest absolute Gasteiger partial charge is 0.203 e. The van der Waals surface area contributed by atoms with Gasteiger partial charge < -0.3 is 14.2 Å². The van der Waals surface area contributed by atoms with Crippen LogP contribution in [-0.2, 0) is 6.42 Å². The van der Waals surface area contributed by atoms with Gasteiger partial charge in [-0.05, 0) is 36.5 Å². The number of unbranched alkanes of at least 4 members (excludes halogenated alkanes) is 4. The molecule has 0 unspecified atom stereocenters. The highest BCUT2D eigenvalue weighted by atomic mass is 16.5. The minimum Gasteiger partial charge on any atom is -0.493 e. The van der Waals surface area contributed by atoms with E-state index in [1.54, 1.807) is 21.3 Å². The van der Waals surface area contributed by atoms with Crippen molar-refractivity contribution in [3.8, 4) is 17.2 Å². The molecule has 122 valence electrons. The molecule has 0 spiro atoms. The first-order chi connectivity index (χ1) is 10.8. The van der Waals surface area contributed by atoms with Crippen molar-refractivity contribution in [1.29, 1.82) is 0 Å². The van der Waals surface area contributed by atoms with Gasteiger partial charge in [-0.2, -0.15) is 0 Å². The Morgan fingerprint density at radius 1 is 0.909 bits per heavy atom. The Morgan fingerprint density at radius 2 is 1.64 bits per heavy atom. The predicted molar refractivity (Wildman–Crippen MR) is 91.2 cm³/mol. The molecule has 0 radical (unpaired) electrons. The van der Waals surface area contributed by atoms with Crippen LogP contribution < -0.4 is 14.2 Å². The summed E-state index contributed by atoms with van der Waals surface area (Å²) >= 11 is 0. The second kappa shape index (κ2) is 8.11. The highest BCUT2D eigenvalue weighted by molar-refractivity contribution is 5.79. The lowest BCUT2D eigenvalue weighted by Crippen LogP contribution is -2.00. The van der Waals surface area contributed by atoms with Crippen molar-refractivity contribution >= 4 is 5.57 Å². The molecule has 0 saturated heterocycles. The summed E-state index contributed by atoms with van der Waals surface area (Å²) in [7, 11) is 5.02. The summed E-state index contributed by atoms with van der Waals surface area (Å²) in [5, 5.41) is 0. The summed E-state index contributed by atoms with van der Waals surface area (Å²) in [6.45, 7) is 2.25.